The molecule has 1 heterocycles. The summed E-state index contributed by atoms with van der Waals surface area (Å²) in [5.74, 6) is -0.995. The first kappa shape index (κ1) is 15.0. The van der Waals surface area contributed by atoms with Gasteiger partial charge in [-0.15, -0.1) is 0 Å². The maximum atomic E-state index is 12.2. The van der Waals surface area contributed by atoms with Gasteiger partial charge in [0.2, 0.25) is 0 Å². The van der Waals surface area contributed by atoms with Crippen molar-refractivity contribution in [2.45, 2.75) is 33.2 Å². The number of rotatable bonds is 4. The number of H-pyrrole nitrogens is 1. The molecule has 0 amide bonds. The lowest BCUT2D eigenvalue weighted by atomic mass is 10.0. The average molecular weight is 290 g/mol. The molecule has 2 rings (SSSR count). The summed E-state index contributed by atoms with van der Waals surface area (Å²) in [5.41, 5.74) is -0.827. The third kappa shape index (κ3) is 2.49. The summed E-state index contributed by atoms with van der Waals surface area (Å²) in [5, 5.41) is 9.23. The molecule has 0 spiro atoms. The summed E-state index contributed by atoms with van der Waals surface area (Å²) in [6.07, 6.45) is 0.674. The van der Waals surface area contributed by atoms with Crippen molar-refractivity contribution in [1.29, 1.82) is 0 Å². The number of aromatic amines is 1. The molecule has 6 heteroatoms. The Bertz CT molecular complexity index is 801. The van der Waals surface area contributed by atoms with Crippen LogP contribution in [-0.4, -0.2) is 20.6 Å². The Morgan fingerprint density at radius 2 is 2.00 bits per heavy atom. The van der Waals surface area contributed by atoms with Crippen LogP contribution in [0.15, 0.2) is 27.8 Å². The van der Waals surface area contributed by atoms with Crippen LogP contribution < -0.4 is 11.1 Å². The number of benzene rings is 1. The second-order valence-electron chi connectivity index (χ2n) is 5.35. The number of hydrogen-bond donors (Lipinski definition) is 2. The zero-order valence-electron chi connectivity index (χ0n) is 12.2. The van der Waals surface area contributed by atoms with E-state index in [-0.39, 0.29) is 23.0 Å². The van der Waals surface area contributed by atoms with E-state index in [2.05, 4.69) is 4.98 Å². The topological polar surface area (TPSA) is 92.2 Å². The molecule has 2 N–H and O–H groups in total. The number of carboxylic acid groups (broad SMARTS) is 1. The van der Waals surface area contributed by atoms with E-state index in [4.69, 9.17) is 0 Å². The number of nitrogens with one attached hydrogen (secondary N) is 1. The van der Waals surface area contributed by atoms with Crippen LogP contribution in [0.4, 0.5) is 0 Å². The predicted octanol–water partition coefficient (Wildman–Crippen LogP) is 2.00. The highest BCUT2D eigenvalue weighted by Crippen LogP contribution is 2.24. The number of carboxylic acids is 1. The Morgan fingerprint density at radius 3 is 2.52 bits per heavy atom. The van der Waals surface area contributed by atoms with E-state index >= 15 is 0 Å². The van der Waals surface area contributed by atoms with Crippen LogP contribution in [0.2, 0.25) is 0 Å². The van der Waals surface area contributed by atoms with Crippen molar-refractivity contribution in [3.63, 3.8) is 0 Å². The van der Waals surface area contributed by atoms with Crippen LogP contribution in [0.5, 0.6) is 0 Å². The molecule has 0 aliphatic carbocycles. The van der Waals surface area contributed by atoms with E-state index in [9.17, 15) is 19.5 Å². The van der Waals surface area contributed by atoms with Gasteiger partial charge in [0.25, 0.3) is 0 Å². The van der Waals surface area contributed by atoms with Gasteiger partial charge in [-0.25, -0.2) is 4.79 Å². The molecule has 2 aromatic rings. The maximum Gasteiger partial charge on any atom is 0.337 e. The van der Waals surface area contributed by atoms with Gasteiger partial charge in [-0.2, -0.15) is 0 Å². The first-order valence-corrected chi connectivity index (χ1v) is 6.89. The third-order valence-electron chi connectivity index (χ3n) is 3.70. The molecule has 0 saturated heterocycles. The number of hydrogen-bond acceptors (Lipinski definition) is 3. The number of aromatic carboxylic acids is 1. The van der Waals surface area contributed by atoms with Gasteiger partial charge in [0.05, 0.1) is 16.6 Å². The molecule has 0 fully saturated rings. The van der Waals surface area contributed by atoms with Crippen molar-refractivity contribution in [2.24, 2.45) is 5.92 Å². The Balaban J connectivity index is 2.96. The van der Waals surface area contributed by atoms with Crippen LogP contribution in [0.1, 0.15) is 43.6 Å². The van der Waals surface area contributed by atoms with Crippen LogP contribution in [0.3, 0.4) is 0 Å². The first-order chi connectivity index (χ1) is 9.88. The van der Waals surface area contributed by atoms with E-state index in [1.807, 2.05) is 20.8 Å². The molecule has 0 aliphatic heterocycles. The highest BCUT2D eigenvalue weighted by atomic mass is 16.4. The molecule has 1 aromatic heterocycles. The van der Waals surface area contributed by atoms with Crippen LogP contribution >= 0.6 is 0 Å². The molecular weight excluding hydrogens is 272 g/mol. The minimum absolute atomic E-state index is 0.0167. The molecule has 0 aliphatic rings. The summed E-state index contributed by atoms with van der Waals surface area (Å²) in [4.78, 5) is 37.8. The predicted molar refractivity (Wildman–Crippen MR) is 80.0 cm³/mol. The van der Waals surface area contributed by atoms with Gasteiger partial charge in [-0.05, 0) is 24.5 Å². The second kappa shape index (κ2) is 5.55. The number of aromatic nitrogens is 2. The SMILES string of the molecule is CCC(C(C)C)n1c(=O)c(=O)[nH]c2c(C(=O)O)cccc21. The van der Waals surface area contributed by atoms with Gasteiger partial charge in [0.1, 0.15) is 0 Å². The van der Waals surface area contributed by atoms with Crippen molar-refractivity contribution in [1.82, 2.24) is 9.55 Å². The fourth-order valence-electron chi connectivity index (χ4n) is 2.72. The maximum absolute atomic E-state index is 12.2. The molecule has 0 radical (unpaired) electrons. The molecular formula is C15H18N2O4. The van der Waals surface area contributed by atoms with Crippen LogP contribution in [0.25, 0.3) is 11.0 Å². The molecule has 0 saturated carbocycles. The number of nitrogens with zero attached hydrogens (tertiary/aromatic N) is 1. The van der Waals surface area contributed by atoms with Gasteiger partial charge in [-0.3, -0.25) is 14.2 Å². The molecule has 1 aromatic carbocycles. The lowest BCUT2D eigenvalue weighted by Gasteiger charge is -2.23. The summed E-state index contributed by atoms with van der Waals surface area (Å²) in [6, 6.07) is 4.48. The van der Waals surface area contributed by atoms with E-state index in [0.29, 0.717) is 11.9 Å². The van der Waals surface area contributed by atoms with Crippen molar-refractivity contribution in [3.05, 3.63) is 44.5 Å². The molecule has 0 bridgehead atoms. The zero-order chi connectivity index (χ0) is 15.7. The standard InChI is InChI=1S/C15H18N2O4/c1-4-10(8(2)3)17-11-7-5-6-9(15(20)21)12(11)16-13(18)14(17)19/h5-8,10H,4H2,1-3H3,(H,16,18)(H,20,21). The lowest BCUT2D eigenvalue weighted by molar-refractivity contribution is 0.0698. The fourth-order valence-corrected chi connectivity index (χ4v) is 2.72. The monoisotopic (exact) mass is 290 g/mol. The van der Waals surface area contributed by atoms with Gasteiger partial charge >= 0.3 is 17.1 Å². The summed E-state index contributed by atoms with van der Waals surface area (Å²) < 4.78 is 1.42. The smallest absolute Gasteiger partial charge is 0.337 e. The Labute approximate surface area is 121 Å². The van der Waals surface area contributed by atoms with Gasteiger partial charge in [0.15, 0.2) is 0 Å². The number of para-hydroxylation sites is 1. The van der Waals surface area contributed by atoms with Crippen molar-refractivity contribution in [2.75, 3.05) is 0 Å². The molecule has 6 nitrogen and oxygen atoms in total. The minimum atomic E-state index is -1.14. The van der Waals surface area contributed by atoms with E-state index in [0.717, 1.165) is 0 Å². The van der Waals surface area contributed by atoms with Crippen molar-refractivity contribution >= 4 is 17.0 Å². The Morgan fingerprint density at radius 1 is 1.33 bits per heavy atom. The highest BCUT2D eigenvalue weighted by molar-refractivity contribution is 6.00. The highest BCUT2D eigenvalue weighted by Gasteiger charge is 2.21. The minimum Gasteiger partial charge on any atom is -0.478 e. The quantitative estimate of drug-likeness (QED) is 0.842. The van der Waals surface area contributed by atoms with E-state index in [1.165, 1.54) is 10.6 Å². The number of carbonyl (C=O) groups is 1. The summed E-state index contributed by atoms with van der Waals surface area (Å²) in [7, 11) is 0. The third-order valence-corrected chi connectivity index (χ3v) is 3.70. The summed E-state index contributed by atoms with van der Waals surface area (Å²) >= 11 is 0. The van der Waals surface area contributed by atoms with E-state index in [1.54, 1.807) is 12.1 Å². The zero-order valence-corrected chi connectivity index (χ0v) is 12.2. The average Bonchev–Trinajstić information content (AvgIpc) is 2.42. The van der Waals surface area contributed by atoms with Gasteiger partial charge in [-0.1, -0.05) is 26.8 Å². The second-order valence-corrected chi connectivity index (χ2v) is 5.35. The van der Waals surface area contributed by atoms with Crippen LogP contribution in [0, 0.1) is 5.92 Å². The fraction of sp³-hybridized carbons (Fsp3) is 0.400. The van der Waals surface area contributed by atoms with Crippen molar-refractivity contribution < 1.29 is 9.90 Å². The van der Waals surface area contributed by atoms with Gasteiger partial charge in [0, 0.05) is 6.04 Å². The number of fused-ring (bicyclic) bond motifs is 1. The molecule has 112 valence electrons. The van der Waals surface area contributed by atoms with Crippen molar-refractivity contribution in [3.8, 4) is 0 Å². The van der Waals surface area contributed by atoms with E-state index < -0.39 is 17.1 Å². The molecule has 21 heavy (non-hydrogen) atoms. The first-order valence-electron chi connectivity index (χ1n) is 6.89. The van der Waals surface area contributed by atoms with Gasteiger partial charge < -0.3 is 10.1 Å². The normalized spacial score (nSPS) is 12.8. The largest absolute Gasteiger partial charge is 0.478 e. The molecule has 1 atom stereocenters. The van der Waals surface area contributed by atoms with Crippen LogP contribution in [-0.2, 0) is 0 Å². The Hall–Kier alpha value is -2.37. The summed E-state index contributed by atoms with van der Waals surface area (Å²) in [6.45, 7) is 5.87. The molecule has 1 unspecified atom stereocenters. The Kier molecular flexibility index (Phi) is 3.97. The lowest BCUT2D eigenvalue weighted by Crippen LogP contribution is -2.39.